The van der Waals surface area contributed by atoms with Crippen molar-refractivity contribution >= 4 is 29.2 Å². The van der Waals surface area contributed by atoms with Crippen LogP contribution in [0.1, 0.15) is 0 Å². The summed E-state index contributed by atoms with van der Waals surface area (Å²) in [6.45, 7) is 0.166. The lowest BCUT2D eigenvalue weighted by atomic mass is 10.2. The molecule has 0 atom stereocenters. The summed E-state index contributed by atoms with van der Waals surface area (Å²) in [7, 11) is 0. The molecule has 6 nitrogen and oxygen atoms in total. The highest BCUT2D eigenvalue weighted by Gasteiger charge is 2.29. The van der Waals surface area contributed by atoms with E-state index in [4.69, 9.17) is 5.11 Å². The fourth-order valence-electron chi connectivity index (χ4n) is 2.35. The first kappa shape index (κ1) is 19.9. The maximum atomic E-state index is 12.6. The van der Waals surface area contributed by atoms with Crippen LogP contribution < -0.4 is 10.6 Å². The van der Waals surface area contributed by atoms with E-state index in [2.05, 4.69) is 25.6 Å². The van der Waals surface area contributed by atoms with E-state index in [9.17, 15) is 13.2 Å². The molecule has 2 heterocycles. The van der Waals surface area contributed by atoms with E-state index in [1.54, 1.807) is 36.7 Å². The minimum atomic E-state index is -4.36. The summed E-state index contributed by atoms with van der Waals surface area (Å²) >= 11 is -0.180. The number of nitrogens with zero attached hydrogens (tertiary/aromatic N) is 3. The Morgan fingerprint density at radius 3 is 2.54 bits per heavy atom. The minimum Gasteiger partial charge on any atom is -0.395 e. The highest BCUT2D eigenvalue weighted by molar-refractivity contribution is 8.00. The zero-order valence-corrected chi connectivity index (χ0v) is 15.3. The molecule has 0 unspecified atom stereocenters. The lowest BCUT2D eigenvalue weighted by Crippen LogP contribution is -2.10. The number of pyridine rings is 1. The van der Waals surface area contributed by atoms with Crippen LogP contribution in [0.2, 0.25) is 0 Å². The first-order valence-corrected chi connectivity index (χ1v) is 9.02. The predicted molar refractivity (Wildman–Crippen MR) is 102 cm³/mol. The number of nitrogens with one attached hydrogen (secondary N) is 2. The Hall–Kier alpha value is -2.85. The van der Waals surface area contributed by atoms with Gasteiger partial charge in [0.2, 0.25) is 5.95 Å². The highest BCUT2D eigenvalue weighted by Crippen LogP contribution is 2.37. The Morgan fingerprint density at radius 1 is 1.04 bits per heavy atom. The number of benzene rings is 1. The summed E-state index contributed by atoms with van der Waals surface area (Å²) in [6, 6.07) is 11.2. The van der Waals surface area contributed by atoms with Crippen LogP contribution in [0.15, 0.2) is 59.8 Å². The van der Waals surface area contributed by atoms with Gasteiger partial charge in [-0.1, -0.05) is 6.07 Å². The molecule has 0 spiro atoms. The molecular formula is C18H16F3N5OS. The van der Waals surface area contributed by atoms with E-state index < -0.39 is 5.51 Å². The Morgan fingerprint density at radius 2 is 1.82 bits per heavy atom. The highest BCUT2D eigenvalue weighted by atomic mass is 32.2. The largest absolute Gasteiger partial charge is 0.446 e. The van der Waals surface area contributed by atoms with Gasteiger partial charge in [-0.2, -0.15) is 18.2 Å². The summed E-state index contributed by atoms with van der Waals surface area (Å²) < 4.78 is 37.8. The molecule has 0 saturated carbocycles. The van der Waals surface area contributed by atoms with E-state index >= 15 is 0 Å². The number of alkyl halides is 3. The van der Waals surface area contributed by atoms with Gasteiger partial charge < -0.3 is 15.7 Å². The standard InChI is InChI=1S/C18H16F3N5OS/c19-18(20,21)28-14-3-1-2-13(10-14)24-16-11-15(12-4-6-22-7-5-12)25-17(26-16)23-8-9-27/h1-7,10-11,27H,8-9H2,(H2,23,24,25,26). The van der Waals surface area contributed by atoms with E-state index in [0.29, 0.717) is 17.2 Å². The van der Waals surface area contributed by atoms with Gasteiger partial charge in [0.05, 0.1) is 12.3 Å². The lowest BCUT2D eigenvalue weighted by Gasteiger charge is -2.12. The van der Waals surface area contributed by atoms with Gasteiger partial charge in [-0.15, -0.1) is 0 Å². The molecule has 0 aliphatic rings. The lowest BCUT2D eigenvalue weighted by molar-refractivity contribution is -0.0328. The van der Waals surface area contributed by atoms with Gasteiger partial charge in [0.1, 0.15) is 5.82 Å². The van der Waals surface area contributed by atoms with Crippen LogP contribution in [-0.4, -0.2) is 38.7 Å². The van der Waals surface area contributed by atoms with Crippen LogP contribution in [0.4, 0.5) is 30.6 Å². The molecule has 146 valence electrons. The summed E-state index contributed by atoms with van der Waals surface area (Å²) in [5.74, 6) is 0.683. The Balaban J connectivity index is 1.89. The zero-order valence-electron chi connectivity index (χ0n) is 14.4. The molecule has 10 heteroatoms. The topological polar surface area (TPSA) is 83.0 Å². The maximum absolute atomic E-state index is 12.6. The number of aliphatic hydroxyl groups excluding tert-OH is 1. The number of anilines is 3. The van der Waals surface area contributed by atoms with Gasteiger partial charge in [-0.3, -0.25) is 4.98 Å². The third-order valence-corrected chi connectivity index (χ3v) is 4.16. The van der Waals surface area contributed by atoms with Crippen molar-refractivity contribution in [3.05, 3.63) is 54.9 Å². The zero-order chi connectivity index (χ0) is 20.0. The summed E-state index contributed by atoms with van der Waals surface area (Å²) in [6.07, 6.45) is 3.26. The summed E-state index contributed by atoms with van der Waals surface area (Å²) in [4.78, 5) is 12.7. The van der Waals surface area contributed by atoms with Crippen LogP contribution in [0, 0.1) is 0 Å². The molecule has 3 aromatic rings. The number of thioether (sulfide) groups is 1. The molecule has 3 rings (SSSR count). The van der Waals surface area contributed by atoms with Crippen molar-refractivity contribution in [2.75, 3.05) is 23.8 Å². The number of rotatable bonds is 7. The smallest absolute Gasteiger partial charge is 0.395 e. The van der Waals surface area contributed by atoms with E-state index in [-0.39, 0.29) is 35.8 Å². The van der Waals surface area contributed by atoms with Gasteiger partial charge in [0.25, 0.3) is 0 Å². The molecule has 3 N–H and O–H groups in total. The second-order valence-corrected chi connectivity index (χ2v) is 6.69. The number of hydrogen-bond donors (Lipinski definition) is 3. The third-order valence-electron chi connectivity index (χ3n) is 3.44. The minimum absolute atomic E-state index is 0.0690. The van der Waals surface area contributed by atoms with Crippen molar-refractivity contribution in [2.45, 2.75) is 10.4 Å². The van der Waals surface area contributed by atoms with Crippen LogP contribution >= 0.6 is 11.8 Å². The second kappa shape index (κ2) is 8.89. The molecule has 28 heavy (non-hydrogen) atoms. The quantitative estimate of drug-likeness (QED) is 0.504. The Bertz CT molecular complexity index is 925. The van der Waals surface area contributed by atoms with Crippen molar-refractivity contribution in [1.82, 2.24) is 15.0 Å². The number of halogens is 3. The Labute approximate surface area is 163 Å². The van der Waals surface area contributed by atoms with Crippen molar-refractivity contribution in [1.29, 1.82) is 0 Å². The maximum Gasteiger partial charge on any atom is 0.446 e. The van der Waals surface area contributed by atoms with Crippen molar-refractivity contribution in [2.24, 2.45) is 0 Å². The van der Waals surface area contributed by atoms with Gasteiger partial charge in [0, 0.05) is 41.2 Å². The molecule has 0 saturated heterocycles. The fraction of sp³-hybridized carbons (Fsp3) is 0.167. The van der Waals surface area contributed by atoms with Gasteiger partial charge in [-0.05, 0) is 42.1 Å². The van der Waals surface area contributed by atoms with Crippen molar-refractivity contribution in [3.63, 3.8) is 0 Å². The average molecular weight is 407 g/mol. The average Bonchev–Trinajstić information content (AvgIpc) is 2.66. The van der Waals surface area contributed by atoms with Crippen molar-refractivity contribution in [3.8, 4) is 11.3 Å². The van der Waals surface area contributed by atoms with Crippen LogP contribution in [0.5, 0.6) is 0 Å². The van der Waals surface area contributed by atoms with Crippen molar-refractivity contribution < 1.29 is 18.3 Å². The SMILES string of the molecule is OCCNc1nc(Nc2cccc(SC(F)(F)F)c2)cc(-c2ccncc2)n1. The molecular weight excluding hydrogens is 391 g/mol. The van der Waals surface area contributed by atoms with Gasteiger partial charge >= 0.3 is 5.51 Å². The molecule has 1 aromatic carbocycles. The van der Waals surface area contributed by atoms with E-state index in [1.165, 1.54) is 18.2 Å². The van der Waals surface area contributed by atoms with E-state index in [0.717, 1.165) is 5.56 Å². The van der Waals surface area contributed by atoms with Crippen LogP contribution in [0.25, 0.3) is 11.3 Å². The molecule has 0 aliphatic heterocycles. The fourth-order valence-corrected chi connectivity index (χ4v) is 2.95. The summed E-state index contributed by atoms with van der Waals surface area (Å²) in [5.41, 5.74) is -2.50. The van der Waals surface area contributed by atoms with Gasteiger partial charge in [-0.25, -0.2) is 4.98 Å². The molecule has 0 radical (unpaired) electrons. The summed E-state index contributed by atoms with van der Waals surface area (Å²) in [5, 5.41) is 14.9. The molecule has 0 aliphatic carbocycles. The first-order valence-electron chi connectivity index (χ1n) is 8.20. The normalized spacial score (nSPS) is 11.3. The third kappa shape index (κ3) is 5.83. The van der Waals surface area contributed by atoms with Crippen LogP contribution in [-0.2, 0) is 0 Å². The van der Waals surface area contributed by atoms with E-state index in [1.807, 2.05) is 0 Å². The predicted octanol–water partition coefficient (Wildman–Crippen LogP) is 4.30. The van der Waals surface area contributed by atoms with Crippen LogP contribution in [0.3, 0.4) is 0 Å². The number of aliphatic hydroxyl groups is 1. The Kier molecular flexibility index (Phi) is 6.32. The van der Waals surface area contributed by atoms with Gasteiger partial charge in [0.15, 0.2) is 0 Å². The molecule has 0 bridgehead atoms. The number of hydrogen-bond acceptors (Lipinski definition) is 7. The second-order valence-electron chi connectivity index (χ2n) is 5.55. The molecule has 0 fully saturated rings. The monoisotopic (exact) mass is 407 g/mol. The molecule has 0 amide bonds. The number of aromatic nitrogens is 3. The molecule has 2 aromatic heterocycles. The first-order chi connectivity index (χ1) is 13.4.